The molecule has 0 saturated carbocycles. The quantitative estimate of drug-likeness (QED) is 0.889. The lowest BCUT2D eigenvalue weighted by atomic mass is 9.91. The zero-order valence-corrected chi connectivity index (χ0v) is 14.6. The third-order valence-electron chi connectivity index (χ3n) is 3.79. The number of amides is 2. The lowest BCUT2D eigenvalue weighted by molar-refractivity contribution is -0.138. The summed E-state index contributed by atoms with van der Waals surface area (Å²) in [6.45, 7) is 9.35. The Hall–Kier alpha value is -1.36. The van der Waals surface area contributed by atoms with Crippen molar-refractivity contribution in [3.63, 3.8) is 0 Å². The molecule has 0 spiro atoms. The third kappa shape index (κ3) is 2.84. The predicted octanol–water partition coefficient (Wildman–Crippen LogP) is 3.02. The van der Waals surface area contributed by atoms with Gasteiger partial charge in [-0.05, 0) is 50.5 Å². The molecular formula is C16H21BrN2O2. The number of carbonyl (C=O) groups excluding carboxylic acids is 2. The van der Waals surface area contributed by atoms with E-state index < -0.39 is 11.6 Å². The van der Waals surface area contributed by atoms with Crippen molar-refractivity contribution in [2.75, 3.05) is 4.90 Å². The van der Waals surface area contributed by atoms with Gasteiger partial charge in [0.1, 0.15) is 11.6 Å². The van der Waals surface area contributed by atoms with Crippen molar-refractivity contribution in [1.29, 1.82) is 0 Å². The summed E-state index contributed by atoms with van der Waals surface area (Å²) < 4.78 is 0.987. The molecule has 4 nitrogen and oxygen atoms in total. The highest BCUT2D eigenvalue weighted by Gasteiger charge is 2.47. The summed E-state index contributed by atoms with van der Waals surface area (Å²) in [4.78, 5) is 26.9. The molecule has 1 atom stereocenters. The van der Waals surface area contributed by atoms with Crippen molar-refractivity contribution in [2.45, 2.75) is 46.2 Å². The Morgan fingerprint density at radius 1 is 1.29 bits per heavy atom. The summed E-state index contributed by atoms with van der Waals surface area (Å²) in [5, 5.41) is 2.82. The molecule has 0 aromatic heterocycles. The second kappa shape index (κ2) is 5.44. The number of hydrogen-bond acceptors (Lipinski definition) is 2. The monoisotopic (exact) mass is 352 g/mol. The van der Waals surface area contributed by atoms with Gasteiger partial charge in [-0.3, -0.25) is 14.5 Å². The van der Waals surface area contributed by atoms with Crippen molar-refractivity contribution in [3.8, 4) is 0 Å². The van der Waals surface area contributed by atoms with Gasteiger partial charge in [0.05, 0.1) is 0 Å². The largest absolute Gasteiger partial charge is 0.340 e. The molecule has 0 radical (unpaired) electrons. The lowest BCUT2D eigenvalue weighted by Crippen LogP contribution is -2.69. The Morgan fingerprint density at radius 2 is 1.90 bits per heavy atom. The predicted molar refractivity (Wildman–Crippen MR) is 87.2 cm³/mol. The van der Waals surface area contributed by atoms with Gasteiger partial charge < -0.3 is 5.32 Å². The maximum absolute atomic E-state index is 12.8. The molecule has 1 aromatic carbocycles. The number of aryl methyl sites for hydroxylation is 1. The summed E-state index contributed by atoms with van der Waals surface area (Å²) in [5.41, 5.74) is 0.914. The van der Waals surface area contributed by atoms with Gasteiger partial charge in [0.2, 0.25) is 5.91 Å². The minimum Gasteiger partial charge on any atom is -0.340 e. The Labute approximate surface area is 134 Å². The van der Waals surface area contributed by atoms with Gasteiger partial charge in [0, 0.05) is 10.2 Å². The number of benzene rings is 1. The number of nitrogens with zero attached hydrogens (tertiary/aromatic N) is 1. The Morgan fingerprint density at radius 3 is 2.43 bits per heavy atom. The zero-order chi connectivity index (χ0) is 15.9. The molecule has 21 heavy (non-hydrogen) atoms. The van der Waals surface area contributed by atoms with Gasteiger partial charge in [-0.1, -0.05) is 29.8 Å². The van der Waals surface area contributed by atoms with Crippen molar-refractivity contribution < 1.29 is 9.59 Å². The molecule has 2 amide bonds. The fraction of sp³-hybridized carbons (Fsp3) is 0.500. The van der Waals surface area contributed by atoms with Gasteiger partial charge >= 0.3 is 0 Å². The molecule has 1 heterocycles. The first-order valence-corrected chi connectivity index (χ1v) is 7.86. The van der Waals surface area contributed by atoms with E-state index in [0.29, 0.717) is 0 Å². The smallest absolute Gasteiger partial charge is 0.252 e. The fourth-order valence-electron chi connectivity index (χ4n) is 2.64. The van der Waals surface area contributed by atoms with Crippen LogP contribution < -0.4 is 10.2 Å². The van der Waals surface area contributed by atoms with Crippen molar-refractivity contribution in [3.05, 3.63) is 28.2 Å². The van der Waals surface area contributed by atoms with Gasteiger partial charge in [-0.15, -0.1) is 0 Å². The molecule has 2 rings (SSSR count). The van der Waals surface area contributed by atoms with E-state index in [4.69, 9.17) is 0 Å². The minimum absolute atomic E-state index is 0.0361. The summed E-state index contributed by atoms with van der Waals surface area (Å²) in [7, 11) is 0. The number of nitrogens with one attached hydrogen (secondary N) is 1. The normalized spacial score (nSPS) is 21.7. The zero-order valence-electron chi connectivity index (χ0n) is 13.0. The van der Waals surface area contributed by atoms with Gasteiger partial charge in [0.15, 0.2) is 0 Å². The molecule has 1 aliphatic rings. The summed E-state index contributed by atoms with van der Waals surface area (Å²) in [6, 6.07) is 5.24. The molecule has 0 aliphatic carbocycles. The molecule has 5 heteroatoms. The van der Waals surface area contributed by atoms with E-state index in [0.717, 1.165) is 15.7 Å². The number of piperazine rings is 1. The van der Waals surface area contributed by atoms with Crippen LogP contribution >= 0.6 is 15.9 Å². The molecule has 1 unspecified atom stereocenters. The van der Waals surface area contributed by atoms with Crippen LogP contribution in [0, 0.1) is 12.8 Å². The lowest BCUT2D eigenvalue weighted by Gasteiger charge is -2.44. The van der Waals surface area contributed by atoms with Crippen LogP contribution in [0.1, 0.15) is 33.3 Å². The van der Waals surface area contributed by atoms with Crippen LogP contribution in [-0.2, 0) is 9.59 Å². The highest BCUT2D eigenvalue weighted by molar-refractivity contribution is 9.10. The maximum atomic E-state index is 12.8. The Balaban J connectivity index is 2.55. The molecule has 1 aromatic rings. The highest BCUT2D eigenvalue weighted by Crippen LogP contribution is 2.31. The summed E-state index contributed by atoms with van der Waals surface area (Å²) >= 11 is 3.46. The first-order chi connectivity index (χ1) is 9.65. The molecule has 1 fully saturated rings. The van der Waals surface area contributed by atoms with E-state index in [1.165, 1.54) is 0 Å². The second-order valence-corrected chi connectivity index (χ2v) is 7.27. The Bertz CT molecular complexity index is 596. The molecule has 1 aliphatic heterocycles. The molecular weight excluding hydrogens is 332 g/mol. The van der Waals surface area contributed by atoms with Crippen molar-refractivity contribution >= 4 is 33.4 Å². The summed E-state index contributed by atoms with van der Waals surface area (Å²) in [5.74, 6) is -0.147. The SMILES string of the molecule is Cc1cc(N2C(=O)C(C)(C)NC(=O)C2C(C)C)ccc1Br. The van der Waals surface area contributed by atoms with Crippen LogP contribution in [0.3, 0.4) is 0 Å². The van der Waals surface area contributed by atoms with Crippen LogP contribution in [-0.4, -0.2) is 23.4 Å². The van der Waals surface area contributed by atoms with E-state index in [1.54, 1.807) is 18.7 Å². The number of hydrogen-bond donors (Lipinski definition) is 1. The molecule has 1 N–H and O–H groups in total. The second-order valence-electron chi connectivity index (χ2n) is 6.41. The number of halogens is 1. The highest BCUT2D eigenvalue weighted by atomic mass is 79.9. The summed E-state index contributed by atoms with van der Waals surface area (Å²) in [6.07, 6.45) is 0. The van der Waals surface area contributed by atoms with Crippen LogP contribution in [0.2, 0.25) is 0 Å². The standard InChI is InChI=1S/C16H21BrN2O2/c1-9(2)13-14(20)18-16(4,5)15(21)19(13)11-6-7-12(17)10(3)8-11/h6-9,13H,1-5H3,(H,18,20). The first kappa shape index (κ1) is 16.0. The average molecular weight is 353 g/mol. The fourth-order valence-corrected chi connectivity index (χ4v) is 2.88. The molecule has 114 valence electrons. The van der Waals surface area contributed by atoms with Crippen molar-refractivity contribution in [1.82, 2.24) is 5.32 Å². The number of anilines is 1. The van der Waals surface area contributed by atoms with E-state index in [-0.39, 0.29) is 17.7 Å². The first-order valence-electron chi connectivity index (χ1n) is 7.07. The van der Waals surface area contributed by atoms with Crippen LogP contribution in [0.5, 0.6) is 0 Å². The van der Waals surface area contributed by atoms with Gasteiger partial charge in [0.25, 0.3) is 5.91 Å². The topological polar surface area (TPSA) is 49.4 Å². The molecule has 0 bridgehead atoms. The van der Waals surface area contributed by atoms with Crippen molar-refractivity contribution in [2.24, 2.45) is 5.92 Å². The Kier molecular flexibility index (Phi) is 4.15. The molecule has 1 saturated heterocycles. The number of carbonyl (C=O) groups is 2. The van der Waals surface area contributed by atoms with Gasteiger partial charge in [-0.25, -0.2) is 0 Å². The number of rotatable bonds is 2. The maximum Gasteiger partial charge on any atom is 0.252 e. The van der Waals surface area contributed by atoms with Gasteiger partial charge in [-0.2, -0.15) is 0 Å². The van der Waals surface area contributed by atoms with Crippen LogP contribution in [0.15, 0.2) is 22.7 Å². The van der Waals surface area contributed by atoms with E-state index in [2.05, 4.69) is 21.2 Å². The van der Waals surface area contributed by atoms with E-state index >= 15 is 0 Å². The van der Waals surface area contributed by atoms with Crippen LogP contribution in [0.25, 0.3) is 0 Å². The van der Waals surface area contributed by atoms with E-state index in [9.17, 15) is 9.59 Å². The van der Waals surface area contributed by atoms with Crippen LogP contribution in [0.4, 0.5) is 5.69 Å². The van der Waals surface area contributed by atoms with E-state index in [1.807, 2.05) is 39.0 Å². The minimum atomic E-state index is -0.885. The third-order valence-corrected chi connectivity index (χ3v) is 4.68. The average Bonchev–Trinajstić information content (AvgIpc) is 2.36.